The summed E-state index contributed by atoms with van der Waals surface area (Å²) in [5.74, 6) is 1.24. The van der Waals surface area contributed by atoms with Crippen LogP contribution in [0.25, 0.3) is 0 Å². The molecule has 0 bridgehead atoms. The fourth-order valence-corrected chi connectivity index (χ4v) is 3.85. The van der Waals surface area contributed by atoms with Gasteiger partial charge in [0.2, 0.25) is 5.91 Å². The maximum absolute atomic E-state index is 12.8. The first-order chi connectivity index (χ1) is 13.0. The molecule has 1 aliphatic heterocycles. The van der Waals surface area contributed by atoms with Gasteiger partial charge < -0.3 is 19.7 Å². The van der Waals surface area contributed by atoms with Crippen molar-refractivity contribution >= 4 is 45.2 Å². The lowest BCUT2D eigenvalue weighted by atomic mass is 10.2. The molecule has 0 saturated carbocycles. The van der Waals surface area contributed by atoms with Crippen LogP contribution in [0.15, 0.2) is 45.8 Å². The van der Waals surface area contributed by atoms with E-state index in [9.17, 15) is 9.59 Å². The lowest BCUT2D eigenvalue weighted by Crippen LogP contribution is -2.23. The minimum atomic E-state index is -0.257. The van der Waals surface area contributed by atoms with Crippen molar-refractivity contribution < 1.29 is 19.1 Å². The summed E-state index contributed by atoms with van der Waals surface area (Å²) in [6.07, 6.45) is 0. The number of fused-ring (bicyclic) bond motifs is 1. The third-order valence-corrected chi connectivity index (χ3v) is 5.58. The van der Waals surface area contributed by atoms with Crippen LogP contribution < -0.4 is 14.8 Å². The van der Waals surface area contributed by atoms with Crippen molar-refractivity contribution in [3.8, 4) is 11.5 Å². The fraction of sp³-hybridized carbons (Fsp3) is 0.263. The summed E-state index contributed by atoms with van der Waals surface area (Å²) < 4.78 is 11.8. The van der Waals surface area contributed by atoms with Gasteiger partial charge >= 0.3 is 0 Å². The molecule has 0 aliphatic carbocycles. The quantitative estimate of drug-likeness (QED) is 0.703. The zero-order valence-corrected chi connectivity index (χ0v) is 17.4. The highest BCUT2D eigenvalue weighted by molar-refractivity contribution is 9.10. The normalized spacial score (nSPS) is 12.4. The topological polar surface area (TPSA) is 67.9 Å². The number of nitrogens with one attached hydrogen (secondary N) is 1. The van der Waals surface area contributed by atoms with Crippen molar-refractivity contribution in [3.05, 3.63) is 46.4 Å². The Kier molecular flexibility index (Phi) is 6.28. The van der Waals surface area contributed by atoms with Gasteiger partial charge in [0.25, 0.3) is 5.91 Å². The van der Waals surface area contributed by atoms with E-state index in [1.54, 1.807) is 38.4 Å². The van der Waals surface area contributed by atoms with E-state index in [4.69, 9.17) is 9.47 Å². The highest BCUT2D eigenvalue weighted by Gasteiger charge is 2.18. The van der Waals surface area contributed by atoms with Crippen LogP contribution in [0.5, 0.6) is 11.5 Å². The van der Waals surface area contributed by atoms with Gasteiger partial charge in [0.05, 0.1) is 17.0 Å². The van der Waals surface area contributed by atoms with Gasteiger partial charge in [-0.3, -0.25) is 9.59 Å². The molecule has 2 amide bonds. The van der Waals surface area contributed by atoms with Crippen molar-refractivity contribution in [1.82, 2.24) is 4.90 Å². The zero-order valence-electron chi connectivity index (χ0n) is 15.0. The number of rotatable bonds is 5. The van der Waals surface area contributed by atoms with Gasteiger partial charge in [0.1, 0.15) is 13.2 Å². The van der Waals surface area contributed by atoms with Gasteiger partial charge in [-0.1, -0.05) is 12.1 Å². The summed E-state index contributed by atoms with van der Waals surface area (Å²) in [4.78, 5) is 26.9. The van der Waals surface area contributed by atoms with Crippen molar-refractivity contribution in [1.29, 1.82) is 0 Å². The summed E-state index contributed by atoms with van der Waals surface area (Å²) in [7, 11) is 3.42. The van der Waals surface area contributed by atoms with Crippen molar-refractivity contribution in [2.75, 3.05) is 38.4 Å². The van der Waals surface area contributed by atoms with E-state index >= 15 is 0 Å². The molecule has 142 valence electrons. The van der Waals surface area contributed by atoms with Crippen LogP contribution in [0.2, 0.25) is 0 Å². The Hall–Kier alpha value is -2.19. The molecule has 8 heteroatoms. The number of hydrogen-bond acceptors (Lipinski definition) is 5. The molecule has 1 N–H and O–H groups in total. The number of nitrogens with zero attached hydrogens (tertiary/aromatic N) is 1. The second-order valence-electron chi connectivity index (χ2n) is 6.00. The molecular weight excluding hydrogens is 432 g/mol. The Morgan fingerprint density at radius 1 is 1.15 bits per heavy atom. The van der Waals surface area contributed by atoms with Crippen LogP contribution in [0.3, 0.4) is 0 Å². The van der Waals surface area contributed by atoms with E-state index in [2.05, 4.69) is 21.2 Å². The number of halogens is 1. The number of thioether (sulfide) groups is 1. The number of benzene rings is 2. The molecule has 2 aromatic rings. The second kappa shape index (κ2) is 8.67. The third kappa shape index (κ3) is 4.75. The maximum atomic E-state index is 12.8. The fourth-order valence-electron chi connectivity index (χ4n) is 2.40. The highest BCUT2D eigenvalue weighted by atomic mass is 79.9. The van der Waals surface area contributed by atoms with Gasteiger partial charge in [-0.05, 0) is 28.1 Å². The minimum absolute atomic E-state index is 0.00945. The number of anilines is 1. The summed E-state index contributed by atoms with van der Waals surface area (Å²) in [6.45, 7) is 0.975. The van der Waals surface area contributed by atoms with Crippen molar-refractivity contribution in [3.63, 3.8) is 0 Å². The van der Waals surface area contributed by atoms with Gasteiger partial charge in [0, 0.05) is 35.6 Å². The first-order valence-electron chi connectivity index (χ1n) is 8.28. The summed E-state index contributed by atoms with van der Waals surface area (Å²) in [5.41, 5.74) is 1.10. The lowest BCUT2D eigenvalue weighted by molar-refractivity contribution is -0.125. The van der Waals surface area contributed by atoms with E-state index < -0.39 is 0 Å². The van der Waals surface area contributed by atoms with E-state index in [-0.39, 0.29) is 17.6 Å². The lowest BCUT2D eigenvalue weighted by Gasteiger charge is -2.20. The first kappa shape index (κ1) is 19.6. The van der Waals surface area contributed by atoms with Crippen LogP contribution >= 0.6 is 27.7 Å². The standard InChI is InChI=1S/C19H19BrN2O4S/c1-22(2)18(23)11-27-17-6-4-3-5-12(17)19(24)21-14-10-16-15(9-13(14)20)25-7-8-26-16/h3-6,9-10H,7-8,11H2,1-2H3,(H,21,24). The van der Waals surface area contributed by atoms with Crippen molar-refractivity contribution in [2.24, 2.45) is 0 Å². The van der Waals surface area contributed by atoms with Gasteiger partial charge in [-0.25, -0.2) is 0 Å². The largest absolute Gasteiger partial charge is 0.486 e. The summed E-state index contributed by atoms with van der Waals surface area (Å²) >= 11 is 4.80. The molecule has 0 fully saturated rings. The van der Waals surface area contributed by atoms with E-state index in [0.717, 1.165) is 4.90 Å². The molecule has 2 aromatic carbocycles. The number of carbonyl (C=O) groups is 2. The molecule has 0 aromatic heterocycles. The molecule has 0 radical (unpaired) electrons. The van der Waals surface area contributed by atoms with Crippen molar-refractivity contribution in [2.45, 2.75) is 4.90 Å². The molecule has 0 atom stereocenters. The molecule has 0 spiro atoms. The Morgan fingerprint density at radius 3 is 2.52 bits per heavy atom. The highest BCUT2D eigenvalue weighted by Crippen LogP contribution is 2.38. The van der Waals surface area contributed by atoms with Gasteiger partial charge in [-0.15, -0.1) is 11.8 Å². The molecule has 1 aliphatic rings. The van der Waals surface area contributed by atoms with Crippen LogP contribution in [0.4, 0.5) is 5.69 Å². The van der Waals surface area contributed by atoms with E-state index in [1.807, 2.05) is 12.1 Å². The SMILES string of the molecule is CN(C)C(=O)CSc1ccccc1C(=O)Nc1cc2c(cc1Br)OCCO2. The number of carbonyl (C=O) groups excluding carboxylic acids is 2. The zero-order chi connectivity index (χ0) is 19.4. The van der Waals surface area contributed by atoms with Crippen LogP contribution in [-0.2, 0) is 4.79 Å². The number of amides is 2. The Morgan fingerprint density at radius 2 is 1.81 bits per heavy atom. The minimum Gasteiger partial charge on any atom is -0.486 e. The molecule has 6 nitrogen and oxygen atoms in total. The summed E-state index contributed by atoms with van der Waals surface area (Å²) in [6, 6.07) is 10.7. The molecular formula is C19H19BrN2O4S. The Balaban J connectivity index is 1.78. The van der Waals surface area contributed by atoms with Crippen LogP contribution in [0.1, 0.15) is 10.4 Å². The van der Waals surface area contributed by atoms with Crippen LogP contribution in [-0.4, -0.2) is 49.8 Å². The van der Waals surface area contributed by atoms with Crippen LogP contribution in [0, 0.1) is 0 Å². The number of ether oxygens (including phenoxy) is 2. The molecule has 0 unspecified atom stereocenters. The number of hydrogen-bond donors (Lipinski definition) is 1. The summed E-state index contributed by atoms with van der Waals surface area (Å²) in [5, 5.41) is 2.90. The Bertz CT molecular complexity index is 873. The molecule has 3 rings (SSSR count). The predicted molar refractivity (Wildman–Crippen MR) is 109 cm³/mol. The first-order valence-corrected chi connectivity index (χ1v) is 10.1. The van der Waals surface area contributed by atoms with Gasteiger partial charge in [0.15, 0.2) is 11.5 Å². The molecule has 0 saturated heterocycles. The van der Waals surface area contributed by atoms with E-state index in [0.29, 0.717) is 40.4 Å². The molecule has 1 heterocycles. The maximum Gasteiger partial charge on any atom is 0.256 e. The van der Waals surface area contributed by atoms with E-state index in [1.165, 1.54) is 16.7 Å². The third-order valence-electron chi connectivity index (χ3n) is 3.86. The smallest absolute Gasteiger partial charge is 0.256 e. The second-order valence-corrected chi connectivity index (χ2v) is 7.87. The predicted octanol–water partition coefficient (Wildman–Crippen LogP) is 3.65. The average Bonchev–Trinajstić information content (AvgIpc) is 2.66. The monoisotopic (exact) mass is 450 g/mol. The Labute approximate surface area is 170 Å². The average molecular weight is 451 g/mol. The van der Waals surface area contributed by atoms with Gasteiger partial charge in [-0.2, -0.15) is 0 Å². The molecule has 27 heavy (non-hydrogen) atoms.